The molecule has 0 bridgehead atoms. The van der Waals surface area contributed by atoms with Gasteiger partial charge in [-0.05, 0) is 29.8 Å². The minimum absolute atomic E-state index is 0.0372. The zero-order chi connectivity index (χ0) is 19.8. The molecule has 0 spiro atoms. The smallest absolute Gasteiger partial charge is 0.290 e. The number of pyridine rings is 1. The first-order chi connectivity index (χ1) is 13.5. The van der Waals surface area contributed by atoms with Crippen molar-refractivity contribution in [1.29, 1.82) is 0 Å². The fourth-order valence-electron chi connectivity index (χ4n) is 3.71. The van der Waals surface area contributed by atoms with Crippen molar-refractivity contribution < 1.29 is 18.5 Å². The van der Waals surface area contributed by atoms with Crippen LogP contribution in [0.2, 0.25) is 0 Å². The van der Waals surface area contributed by atoms with Gasteiger partial charge in [-0.3, -0.25) is 14.6 Å². The van der Waals surface area contributed by atoms with Gasteiger partial charge < -0.3 is 14.2 Å². The molecule has 3 heterocycles. The Hall–Kier alpha value is -3.06. The molecule has 28 heavy (non-hydrogen) atoms. The summed E-state index contributed by atoms with van der Waals surface area (Å²) in [6, 6.07) is 6.77. The van der Waals surface area contributed by atoms with Gasteiger partial charge in [0.15, 0.2) is 5.43 Å². The van der Waals surface area contributed by atoms with Crippen molar-refractivity contribution in [3.63, 3.8) is 0 Å². The summed E-state index contributed by atoms with van der Waals surface area (Å²) in [7, 11) is 4.09. The highest BCUT2D eigenvalue weighted by Crippen LogP contribution is 2.37. The SMILES string of the molecule is C[NH+](C)CCCN1C(=O)c2oc3ccc(F)cc3c(=O)c2[C@H]1c1cccnc1. The van der Waals surface area contributed by atoms with E-state index in [-0.39, 0.29) is 33.6 Å². The molecule has 0 radical (unpaired) electrons. The summed E-state index contributed by atoms with van der Waals surface area (Å²) in [5.41, 5.74) is 0.824. The molecule has 1 amide bonds. The zero-order valence-corrected chi connectivity index (χ0v) is 15.7. The van der Waals surface area contributed by atoms with Crippen molar-refractivity contribution in [2.24, 2.45) is 0 Å². The average Bonchev–Trinajstić information content (AvgIpc) is 2.95. The number of benzene rings is 1. The number of halogens is 1. The molecule has 0 unspecified atom stereocenters. The molecule has 1 atom stereocenters. The predicted molar refractivity (Wildman–Crippen MR) is 102 cm³/mol. The number of nitrogens with one attached hydrogen (secondary N) is 1. The molecule has 1 aromatic carbocycles. The second kappa shape index (κ2) is 7.16. The van der Waals surface area contributed by atoms with Gasteiger partial charge in [0.05, 0.1) is 37.6 Å². The number of quaternary nitrogens is 1. The highest BCUT2D eigenvalue weighted by molar-refractivity contribution is 5.99. The predicted octanol–water partition coefficient (Wildman–Crippen LogP) is 1.41. The summed E-state index contributed by atoms with van der Waals surface area (Å²) in [6.45, 7) is 1.37. The first-order valence-corrected chi connectivity index (χ1v) is 9.23. The molecule has 6 nitrogen and oxygen atoms in total. The Morgan fingerprint density at radius 1 is 1.25 bits per heavy atom. The minimum Gasteiger partial charge on any atom is -0.450 e. The third kappa shape index (κ3) is 3.07. The van der Waals surface area contributed by atoms with Crippen molar-refractivity contribution in [1.82, 2.24) is 9.88 Å². The standard InChI is InChI=1S/C21H20FN3O3/c1-24(2)9-4-10-25-18(13-5-3-8-23-12-13)17-19(26)15-11-14(22)6-7-16(15)28-20(17)21(25)27/h3,5-8,11-12,18H,4,9-10H2,1-2H3/p+1/t18-/m1/s1. The van der Waals surface area contributed by atoms with E-state index in [1.165, 1.54) is 17.0 Å². The second-order valence-electron chi connectivity index (χ2n) is 7.31. The molecular formula is C21H21FN3O3+. The molecule has 0 saturated carbocycles. The fraction of sp³-hybridized carbons (Fsp3) is 0.286. The first-order valence-electron chi connectivity index (χ1n) is 9.23. The highest BCUT2D eigenvalue weighted by Gasteiger charge is 2.42. The number of aromatic nitrogens is 1. The number of fused-ring (bicyclic) bond motifs is 2. The van der Waals surface area contributed by atoms with Crippen LogP contribution < -0.4 is 10.3 Å². The van der Waals surface area contributed by atoms with E-state index in [2.05, 4.69) is 4.98 Å². The van der Waals surface area contributed by atoms with Gasteiger partial charge in [-0.2, -0.15) is 0 Å². The molecule has 144 valence electrons. The quantitative estimate of drug-likeness (QED) is 0.725. The zero-order valence-electron chi connectivity index (χ0n) is 15.7. The number of carbonyl (C=O) groups is 1. The Labute approximate surface area is 161 Å². The lowest BCUT2D eigenvalue weighted by molar-refractivity contribution is -0.858. The number of rotatable bonds is 5. The van der Waals surface area contributed by atoms with E-state index < -0.39 is 11.9 Å². The Morgan fingerprint density at radius 3 is 2.79 bits per heavy atom. The molecule has 4 rings (SSSR count). The summed E-state index contributed by atoms with van der Waals surface area (Å²) in [6.07, 6.45) is 4.06. The fourth-order valence-corrected chi connectivity index (χ4v) is 3.71. The Morgan fingerprint density at radius 2 is 2.07 bits per heavy atom. The van der Waals surface area contributed by atoms with Gasteiger partial charge in [0.2, 0.25) is 5.76 Å². The number of nitrogens with zero attached hydrogens (tertiary/aromatic N) is 2. The Balaban J connectivity index is 1.88. The molecule has 0 aliphatic carbocycles. The van der Waals surface area contributed by atoms with Crippen LogP contribution in [0.25, 0.3) is 11.0 Å². The van der Waals surface area contributed by atoms with Crippen LogP contribution in [0, 0.1) is 5.82 Å². The minimum atomic E-state index is -0.586. The first kappa shape index (κ1) is 18.3. The highest BCUT2D eigenvalue weighted by atomic mass is 19.1. The monoisotopic (exact) mass is 382 g/mol. The Kier molecular flexibility index (Phi) is 4.68. The summed E-state index contributed by atoms with van der Waals surface area (Å²) in [5, 5.41) is 0.139. The summed E-state index contributed by atoms with van der Waals surface area (Å²) in [4.78, 5) is 33.4. The van der Waals surface area contributed by atoms with E-state index in [4.69, 9.17) is 4.42 Å². The second-order valence-corrected chi connectivity index (χ2v) is 7.31. The topological polar surface area (TPSA) is 67.8 Å². The van der Waals surface area contributed by atoms with Crippen molar-refractivity contribution in [2.45, 2.75) is 12.5 Å². The molecule has 0 saturated heterocycles. The van der Waals surface area contributed by atoms with Gasteiger partial charge in [0.25, 0.3) is 5.91 Å². The molecule has 1 N–H and O–H groups in total. The maximum absolute atomic E-state index is 13.7. The van der Waals surface area contributed by atoms with Crippen LogP contribution in [0.1, 0.15) is 34.1 Å². The summed E-state index contributed by atoms with van der Waals surface area (Å²) >= 11 is 0. The third-order valence-corrected chi connectivity index (χ3v) is 5.00. The summed E-state index contributed by atoms with van der Waals surface area (Å²) in [5.74, 6) is -0.802. The van der Waals surface area contributed by atoms with Gasteiger partial charge in [0.1, 0.15) is 11.4 Å². The van der Waals surface area contributed by atoms with E-state index in [9.17, 15) is 14.0 Å². The van der Waals surface area contributed by atoms with E-state index in [0.717, 1.165) is 24.6 Å². The van der Waals surface area contributed by atoms with Crippen LogP contribution in [-0.2, 0) is 0 Å². The van der Waals surface area contributed by atoms with Crippen molar-refractivity contribution >= 4 is 16.9 Å². The lowest BCUT2D eigenvalue weighted by Gasteiger charge is -2.25. The lowest BCUT2D eigenvalue weighted by Crippen LogP contribution is -3.05. The maximum Gasteiger partial charge on any atom is 0.290 e. The van der Waals surface area contributed by atoms with Gasteiger partial charge in [0, 0.05) is 25.4 Å². The normalized spacial score (nSPS) is 16.2. The van der Waals surface area contributed by atoms with Crippen molar-refractivity contribution in [2.75, 3.05) is 27.2 Å². The van der Waals surface area contributed by atoms with E-state index >= 15 is 0 Å². The molecule has 1 aliphatic heterocycles. The molecule has 0 fully saturated rings. The number of hydrogen-bond acceptors (Lipinski definition) is 4. The molecule has 2 aromatic heterocycles. The lowest BCUT2D eigenvalue weighted by atomic mass is 10.00. The van der Waals surface area contributed by atoms with E-state index in [1.54, 1.807) is 23.4 Å². The summed E-state index contributed by atoms with van der Waals surface area (Å²) < 4.78 is 19.5. The number of hydrogen-bond donors (Lipinski definition) is 1. The van der Waals surface area contributed by atoms with Gasteiger partial charge in [-0.15, -0.1) is 0 Å². The van der Waals surface area contributed by atoms with Crippen LogP contribution in [0.15, 0.2) is 51.9 Å². The Bertz CT molecular complexity index is 1100. The van der Waals surface area contributed by atoms with Crippen LogP contribution >= 0.6 is 0 Å². The maximum atomic E-state index is 13.7. The number of amides is 1. The van der Waals surface area contributed by atoms with Crippen molar-refractivity contribution in [3.8, 4) is 0 Å². The number of carbonyl (C=O) groups excluding carboxylic acids is 1. The van der Waals surface area contributed by atoms with E-state index in [0.29, 0.717) is 6.54 Å². The van der Waals surface area contributed by atoms with Crippen LogP contribution in [0.3, 0.4) is 0 Å². The van der Waals surface area contributed by atoms with Crippen LogP contribution in [-0.4, -0.2) is 43.0 Å². The average molecular weight is 382 g/mol. The molecule has 3 aromatic rings. The van der Waals surface area contributed by atoms with Gasteiger partial charge in [-0.25, -0.2) is 4.39 Å². The largest absolute Gasteiger partial charge is 0.450 e. The molecule has 1 aliphatic rings. The third-order valence-electron chi connectivity index (χ3n) is 5.00. The molecular weight excluding hydrogens is 361 g/mol. The van der Waals surface area contributed by atoms with Gasteiger partial charge in [-0.1, -0.05) is 6.07 Å². The van der Waals surface area contributed by atoms with Gasteiger partial charge >= 0.3 is 0 Å². The van der Waals surface area contributed by atoms with Crippen LogP contribution in [0.4, 0.5) is 4.39 Å². The molecule has 7 heteroatoms. The van der Waals surface area contributed by atoms with Crippen LogP contribution in [0.5, 0.6) is 0 Å². The van der Waals surface area contributed by atoms with E-state index in [1.807, 2.05) is 20.2 Å². The van der Waals surface area contributed by atoms with Crippen molar-refractivity contribution in [3.05, 3.63) is 75.7 Å².